The van der Waals surface area contributed by atoms with Crippen molar-refractivity contribution in [3.8, 4) is 0 Å². The molecule has 1 aromatic rings. The number of nitrogens with one attached hydrogen (secondary N) is 2. The van der Waals surface area contributed by atoms with Crippen molar-refractivity contribution in [1.29, 1.82) is 0 Å². The molecule has 0 spiro atoms. The van der Waals surface area contributed by atoms with E-state index in [1.165, 1.54) is 5.57 Å². The summed E-state index contributed by atoms with van der Waals surface area (Å²) in [6, 6.07) is 4.60. The Morgan fingerprint density at radius 3 is 2.40 bits per heavy atom. The summed E-state index contributed by atoms with van der Waals surface area (Å²) < 4.78 is 0. The van der Waals surface area contributed by atoms with Crippen LogP contribution >= 0.6 is 0 Å². The number of hydrogen-bond acceptors (Lipinski definition) is 5. The summed E-state index contributed by atoms with van der Waals surface area (Å²) in [4.78, 5) is 24.9. The summed E-state index contributed by atoms with van der Waals surface area (Å²) >= 11 is 0. The molecule has 1 aromatic heterocycles. The van der Waals surface area contributed by atoms with Crippen molar-refractivity contribution in [1.82, 2.24) is 20.1 Å². The zero-order chi connectivity index (χ0) is 22.1. The molecule has 1 fully saturated rings. The van der Waals surface area contributed by atoms with Gasteiger partial charge in [-0.05, 0) is 44.7 Å². The van der Waals surface area contributed by atoms with Crippen molar-refractivity contribution in [2.45, 2.75) is 79.1 Å². The molecule has 3 rings (SSSR count). The van der Waals surface area contributed by atoms with Crippen LogP contribution in [-0.4, -0.2) is 59.5 Å². The highest BCUT2D eigenvalue weighted by atomic mass is 16.1. The molecule has 0 radical (unpaired) electrons. The first-order valence-electron chi connectivity index (χ1n) is 11.7. The molecule has 6 heteroatoms. The number of aromatic amines is 1. The minimum Gasteiger partial charge on any atom is -0.357 e. The fraction of sp³-hybridized carbons (Fsp3) is 0.667. The molecule has 3 heterocycles. The van der Waals surface area contributed by atoms with Crippen LogP contribution in [0.5, 0.6) is 0 Å². The Hall–Kier alpha value is -1.92. The maximum absolute atomic E-state index is 12.2. The summed E-state index contributed by atoms with van der Waals surface area (Å²) in [6.45, 7) is 16.8. The van der Waals surface area contributed by atoms with Gasteiger partial charge in [0.1, 0.15) is 0 Å². The number of pyridine rings is 1. The standard InChI is InChI=1S/C22H35N5O.C2H6/c1-5-18-7-8-20(25-21(18)28)19(6-2)13-17(4)26-9-11-27(12-10-26)22-23-14-16(3)15-24-22;1-2/h7-8,14-15,17,19,22-23H,5-6,9-13H2,1-4H3,(H,25,28);1-2H3/t17-,19+,22?;/m0./s1. The molecule has 1 unspecified atom stereocenters. The van der Waals surface area contributed by atoms with Crippen LogP contribution in [0.3, 0.4) is 0 Å². The molecule has 6 nitrogen and oxygen atoms in total. The number of aliphatic imine (C=N–C) groups is 1. The Bertz CT molecular complexity index is 761. The van der Waals surface area contributed by atoms with Crippen LogP contribution in [0.1, 0.15) is 71.6 Å². The van der Waals surface area contributed by atoms with E-state index in [2.05, 4.69) is 51.9 Å². The molecule has 168 valence electrons. The first kappa shape index (κ1) is 24.4. The third-order valence-electron chi connectivity index (χ3n) is 6.15. The number of H-pyrrole nitrogens is 1. The fourth-order valence-electron chi connectivity index (χ4n) is 4.21. The minimum atomic E-state index is 0.0736. The lowest BCUT2D eigenvalue weighted by Crippen LogP contribution is -2.55. The number of hydrogen-bond donors (Lipinski definition) is 2. The van der Waals surface area contributed by atoms with Crippen molar-refractivity contribution < 1.29 is 0 Å². The molecule has 2 aliphatic heterocycles. The zero-order valence-electron chi connectivity index (χ0n) is 19.7. The second-order valence-corrected chi connectivity index (χ2v) is 8.09. The quantitative estimate of drug-likeness (QED) is 0.712. The predicted molar refractivity (Wildman–Crippen MR) is 127 cm³/mol. The van der Waals surface area contributed by atoms with E-state index < -0.39 is 0 Å². The van der Waals surface area contributed by atoms with E-state index in [-0.39, 0.29) is 11.8 Å². The second-order valence-electron chi connectivity index (χ2n) is 8.09. The van der Waals surface area contributed by atoms with Gasteiger partial charge < -0.3 is 10.3 Å². The molecule has 2 aliphatic rings. The van der Waals surface area contributed by atoms with E-state index in [0.717, 1.165) is 56.7 Å². The number of rotatable bonds is 7. The van der Waals surface area contributed by atoms with E-state index in [9.17, 15) is 4.79 Å². The molecule has 1 saturated heterocycles. The molecular weight excluding hydrogens is 374 g/mol. The third-order valence-corrected chi connectivity index (χ3v) is 6.15. The Kier molecular flexibility index (Phi) is 9.79. The zero-order valence-corrected chi connectivity index (χ0v) is 19.7. The van der Waals surface area contributed by atoms with E-state index in [1.54, 1.807) is 0 Å². The van der Waals surface area contributed by atoms with Gasteiger partial charge in [-0.2, -0.15) is 0 Å². The molecule has 0 saturated carbocycles. The van der Waals surface area contributed by atoms with Crippen molar-refractivity contribution in [2.75, 3.05) is 26.2 Å². The molecule has 0 aromatic carbocycles. The molecule has 3 atom stereocenters. The summed E-state index contributed by atoms with van der Waals surface area (Å²) in [5.41, 5.74) is 3.19. The van der Waals surface area contributed by atoms with Crippen LogP contribution in [-0.2, 0) is 6.42 Å². The summed E-state index contributed by atoms with van der Waals surface area (Å²) in [7, 11) is 0. The first-order chi connectivity index (χ1) is 14.5. The lowest BCUT2D eigenvalue weighted by Gasteiger charge is -2.41. The summed E-state index contributed by atoms with van der Waals surface area (Å²) in [5.74, 6) is 0.393. The van der Waals surface area contributed by atoms with Crippen LogP contribution < -0.4 is 10.9 Å². The Morgan fingerprint density at radius 2 is 1.87 bits per heavy atom. The number of piperazine rings is 1. The lowest BCUT2D eigenvalue weighted by atomic mass is 9.93. The van der Waals surface area contributed by atoms with E-state index >= 15 is 0 Å². The van der Waals surface area contributed by atoms with Gasteiger partial charge in [0.2, 0.25) is 0 Å². The van der Waals surface area contributed by atoms with E-state index in [0.29, 0.717) is 12.0 Å². The largest absolute Gasteiger partial charge is 0.357 e. The summed E-state index contributed by atoms with van der Waals surface area (Å²) in [5, 5.41) is 3.37. The van der Waals surface area contributed by atoms with Gasteiger partial charge in [-0.3, -0.25) is 19.6 Å². The number of aromatic nitrogens is 1. The van der Waals surface area contributed by atoms with Gasteiger partial charge in [-0.15, -0.1) is 0 Å². The number of nitrogens with zero attached hydrogens (tertiary/aromatic N) is 3. The highest BCUT2D eigenvalue weighted by molar-refractivity contribution is 5.78. The smallest absolute Gasteiger partial charge is 0.251 e. The van der Waals surface area contributed by atoms with Crippen LogP contribution in [0.2, 0.25) is 0 Å². The SMILES string of the molecule is CC.CCc1ccc([C@H](CC)C[C@H](C)N2CCN(C3N=CC(C)=CN3)CC2)[nH]c1=O. The van der Waals surface area contributed by atoms with Crippen LogP contribution in [0.4, 0.5) is 0 Å². The molecule has 0 amide bonds. The van der Waals surface area contributed by atoms with E-state index in [4.69, 9.17) is 0 Å². The van der Waals surface area contributed by atoms with Crippen LogP contribution in [0.15, 0.2) is 33.7 Å². The highest BCUT2D eigenvalue weighted by Crippen LogP contribution is 2.25. The Morgan fingerprint density at radius 1 is 1.17 bits per heavy atom. The molecule has 2 N–H and O–H groups in total. The van der Waals surface area contributed by atoms with Crippen molar-refractivity contribution in [3.63, 3.8) is 0 Å². The van der Waals surface area contributed by atoms with Gasteiger partial charge >= 0.3 is 0 Å². The molecular formula is C24H41N5O. The van der Waals surface area contributed by atoms with Crippen LogP contribution in [0.25, 0.3) is 0 Å². The first-order valence-corrected chi connectivity index (χ1v) is 11.7. The average molecular weight is 416 g/mol. The van der Waals surface area contributed by atoms with Gasteiger partial charge in [0.15, 0.2) is 6.29 Å². The van der Waals surface area contributed by atoms with Gasteiger partial charge in [0.25, 0.3) is 5.56 Å². The number of aryl methyl sites for hydroxylation is 1. The fourth-order valence-corrected chi connectivity index (χ4v) is 4.21. The summed E-state index contributed by atoms with van der Waals surface area (Å²) in [6.07, 6.45) is 6.96. The second kappa shape index (κ2) is 12.1. The maximum atomic E-state index is 12.2. The highest BCUT2D eigenvalue weighted by Gasteiger charge is 2.27. The van der Waals surface area contributed by atoms with Gasteiger partial charge in [-0.25, -0.2) is 0 Å². The third kappa shape index (κ3) is 6.29. The molecule has 30 heavy (non-hydrogen) atoms. The molecule has 0 bridgehead atoms. The van der Waals surface area contributed by atoms with Gasteiger partial charge in [-0.1, -0.05) is 33.8 Å². The van der Waals surface area contributed by atoms with E-state index in [1.807, 2.05) is 39.3 Å². The predicted octanol–water partition coefficient (Wildman–Crippen LogP) is 3.71. The van der Waals surface area contributed by atoms with Crippen molar-refractivity contribution in [2.24, 2.45) is 4.99 Å². The van der Waals surface area contributed by atoms with Crippen molar-refractivity contribution in [3.05, 3.63) is 45.5 Å². The van der Waals surface area contributed by atoms with Gasteiger partial charge in [0, 0.05) is 61.8 Å². The monoisotopic (exact) mass is 415 g/mol. The lowest BCUT2D eigenvalue weighted by molar-refractivity contribution is 0.0646. The topological polar surface area (TPSA) is 63.7 Å². The van der Waals surface area contributed by atoms with Gasteiger partial charge in [0.05, 0.1) is 0 Å². The van der Waals surface area contributed by atoms with Crippen molar-refractivity contribution >= 4 is 6.21 Å². The average Bonchev–Trinajstić information content (AvgIpc) is 2.79. The Labute approximate surface area is 182 Å². The number of allylic oxidation sites excluding steroid dienone is 1. The minimum absolute atomic E-state index is 0.0736. The molecule has 0 aliphatic carbocycles. The normalized spacial score (nSPS) is 21.8. The maximum Gasteiger partial charge on any atom is 0.251 e. The Balaban J connectivity index is 0.00000155. The van der Waals surface area contributed by atoms with Crippen LogP contribution in [0, 0.1) is 0 Å².